The number of fused-ring (bicyclic) bond motifs is 2. The third-order valence-electron chi connectivity index (χ3n) is 7.53. The van der Waals surface area contributed by atoms with Crippen molar-refractivity contribution in [1.29, 1.82) is 5.26 Å². The number of aliphatic hydroxyl groups excluding tert-OH is 1. The van der Waals surface area contributed by atoms with Gasteiger partial charge in [0.1, 0.15) is 11.8 Å². The lowest BCUT2D eigenvalue weighted by Crippen LogP contribution is -2.33. The maximum Gasteiger partial charge on any atom is 0.237 e. The Balaban J connectivity index is 1.33. The van der Waals surface area contributed by atoms with E-state index in [2.05, 4.69) is 32.7 Å². The lowest BCUT2D eigenvalue weighted by atomic mass is 9.83. The van der Waals surface area contributed by atoms with Crippen LogP contribution < -0.4 is 15.4 Å². The van der Waals surface area contributed by atoms with E-state index in [0.717, 1.165) is 47.7 Å². The molecule has 2 aliphatic heterocycles. The van der Waals surface area contributed by atoms with Crippen LogP contribution in [0, 0.1) is 11.3 Å². The fraction of sp³-hybridized carbons (Fsp3) is 0.407. The van der Waals surface area contributed by atoms with E-state index in [4.69, 9.17) is 14.7 Å². The summed E-state index contributed by atoms with van der Waals surface area (Å²) in [5, 5.41) is 26.4. The Hall–Kier alpha value is -3.74. The zero-order valence-electron chi connectivity index (χ0n) is 20.5. The number of aromatic nitrogens is 3. The molecule has 0 bridgehead atoms. The van der Waals surface area contributed by atoms with Crippen molar-refractivity contribution < 1.29 is 9.84 Å². The summed E-state index contributed by atoms with van der Waals surface area (Å²) in [6.07, 6.45) is 5.19. The van der Waals surface area contributed by atoms with Crippen LogP contribution in [0.3, 0.4) is 0 Å². The van der Waals surface area contributed by atoms with Gasteiger partial charge in [0, 0.05) is 49.3 Å². The number of pyridine rings is 1. The second-order valence-corrected chi connectivity index (χ2v) is 10.1. The minimum atomic E-state index is -0.457. The Morgan fingerprint density at radius 2 is 2.17 bits per heavy atom. The van der Waals surface area contributed by atoms with Crippen LogP contribution in [0.5, 0.6) is 5.88 Å². The minimum absolute atomic E-state index is 0.0127. The van der Waals surface area contributed by atoms with Crippen LogP contribution in [0.1, 0.15) is 42.1 Å². The van der Waals surface area contributed by atoms with Crippen molar-refractivity contribution in [3.8, 4) is 23.2 Å². The first-order valence-corrected chi connectivity index (χ1v) is 12.4. The molecule has 184 valence electrons. The first-order chi connectivity index (χ1) is 17.5. The summed E-state index contributed by atoms with van der Waals surface area (Å²) in [6.45, 7) is 4.50. The molecule has 9 heteroatoms. The molecule has 2 aromatic heterocycles. The number of rotatable bonds is 6. The largest absolute Gasteiger partial charge is 0.480 e. The van der Waals surface area contributed by atoms with E-state index in [0.29, 0.717) is 35.7 Å². The van der Waals surface area contributed by atoms with Crippen molar-refractivity contribution in [2.24, 2.45) is 0 Å². The van der Waals surface area contributed by atoms with E-state index in [1.54, 1.807) is 13.3 Å². The Morgan fingerprint density at radius 1 is 1.31 bits per heavy atom. The van der Waals surface area contributed by atoms with Gasteiger partial charge in [0.25, 0.3) is 0 Å². The van der Waals surface area contributed by atoms with Gasteiger partial charge in [0.2, 0.25) is 11.8 Å². The Labute approximate surface area is 210 Å². The lowest BCUT2D eigenvalue weighted by Gasteiger charge is -2.28. The van der Waals surface area contributed by atoms with Crippen LogP contribution in [-0.2, 0) is 18.4 Å². The summed E-state index contributed by atoms with van der Waals surface area (Å²) < 4.78 is 5.59. The highest BCUT2D eigenvalue weighted by molar-refractivity contribution is 5.76. The molecular formula is C27H29N7O2. The standard InChI is InChI=1S/C27H29N7O2/c1-27(15-35)14-30-24-17(12-28)9-16(10-20(24)27)21-5-7-29-26(32-21)33-23-11-18-13-34(19-3-4-19)8-6-22(18)31-25(23)36-2/h5,7,9-11,19,30,35H,3-4,6,8,13-15H2,1-2H3,(H,29,32,33). The van der Waals surface area contributed by atoms with Crippen LogP contribution in [0.4, 0.5) is 17.3 Å². The van der Waals surface area contributed by atoms with E-state index < -0.39 is 5.41 Å². The number of nitrogens with zero attached hydrogens (tertiary/aromatic N) is 5. The van der Waals surface area contributed by atoms with Crippen molar-refractivity contribution in [3.63, 3.8) is 0 Å². The second kappa shape index (κ2) is 8.73. The van der Waals surface area contributed by atoms with Crippen molar-refractivity contribution in [2.45, 2.75) is 44.2 Å². The summed E-state index contributed by atoms with van der Waals surface area (Å²) in [4.78, 5) is 16.5. The molecule has 1 saturated carbocycles. The van der Waals surface area contributed by atoms with E-state index in [1.807, 2.05) is 25.1 Å². The molecule has 3 aliphatic rings. The number of hydrogen-bond donors (Lipinski definition) is 3. The lowest BCUT2D eigenvalue weighted by molar-refractivity contribution is 0.219. The summed E-state index contributed by atoms with van der Waals surface area (Å²) in [7, 11) is 1.62. The number of aliphatic hydroxyl groups is 1. The summed E-state index contributed by atoms with van der Waals surface area (Å²) in [5.41, 5.74) is 6.30. The summed E-state index contributed by atoms with van der Waals surface area (Å²) >= 11 is 0. The number of nitriles is 1. The molecule has 1 unspecified atom stereocenters. The van der Waals surface area contributed by atoms with E-state index >= 15 is 0 Å². The molecule has 6 rings (SSSR count). The zero-order valence-corrected chi connectivity index (χ0v) is 20.5. The topological polar surface area (TPSA) is 119 Å². The molecule has 0 amide bonds. The molecule has 0 radical (unpaired) electrons. The number of methoxy groups -OCH3 is 1. The van der Waals surface area contributed by atoms with Crippen LogP contribution in [-0.4, -0.2) is 57.8 Å². The molecule has 1 fully saturated rings. The Morgan fingerprint density at radius 3 is 2.92 bits per heavy atom. The van der Waals surface area contributed by atoms with Gasteiger partial charge in [-0.15, -0.1) is 0 Å². The maximum absolute atomic E-state index is 10.0. The molecule has 1 atom stereocenters. The first kappa shape index (κ1) is 22.7. The summed E-state index contributed by atoms with van der Waals surface area (Å²) in [5.74, 6) is 0.946. The van der Waals surface area contributed by atoms with Crippen molar-refractivity contribution in [3.05, 3.63) is 52.8 Å². The normalized spacial score (nSPS) is 20.7. The van der Waals surface area contributed by atoms with Gasteiger partial charge in [-0.2, -0.15) is 5.26 Å². The molecule has 3 N–H and O–H groups in total. The van der Waals surface area contributed by atoms with Crippen molar-refractivity contribution in [2.75, 3.05) is 37.4 Å². The number of anilines is 3. The average molecular weight is 484 g/mol. The third-order valence-corrected chi connectivity index (χ3v) is 7.53. The number of nitrogens with one attached hydrogen (secondary N) is 2. The fourth-order valence-corrected chi connectivity index (χ4v) is 5.24. The smallest absolute Gasteiger partial charge is 0.237 e. The highest BCUT2D eigenvalue weighted by atomic mass is 16.5. The SMILES string of the molecule is COc1nc2c(cc1Nc1nccc(-c3cc(C#N)c4c(c3)C(C)(CO)CN4)n1)CN(C1CC1)CC2. The molecular weight excluding hydrogens is 454 g/mol. The average Bonchev–Trinajstić information content (AvgIpc) is 3.71. The van der Waals surface area contributed by atoms with Gasteiger partial charge in [-0.25, -0.2) is 15.0 Å². The van der Waals surface area contributed by atoms with Gasteiger partial charge in [-0.1, -0.05) is 6.92 Å². The molecule has 0 saturated heterocycles. The maximum atomic E-state index is 10.0. The van der Waals surface area contributed by atoms with Gasteiger partial charge in [-0.05, 0) is 48.2 Å². The van der Waals surface area contributed by atoms with E-state index in [9.17, 15) is 10.4 Å². The van der Waals surface area contributed by atoms with Crippen molar-refractivity contribution in [1.82, 2.24) is 19.9 Å². The Bertz CT molecular complexity index is 1380. The van der Waals surface area contributed by atoms with Gasteiger partial charge in [0.05, 0.1) is 36.4 Å². The molecule has 36 heavy (non-hydrogen) atoms. The zero-order chi connectivity index (χ0) is 24.9. The van der Waals surface area contributed by atoms with Gasteiger partial charge in [-0.3, -0.25) is 4.90 Å². The highest BCUT2D eigenvalue weighted by Gasteiger charge is 2.36. The quantitative estimate of drug-likeness (QED) is 0.485. The number of hydrogen-bond acceptors (Lipinski definition) is 9. The molecule has 4 heterocycles. The molecule has 1 aromatic carbocycles. The molecule has 0 spiro atoms. The van der Waals surface area contributed by atoms with E-state index in [1.165, 1.54) is 18.4 Å². The molecule has 3 aromatic rings. The molecule has 1 aliphatic carbocycles. The predicted molar refractivity (Wildman–Crippen MR) is 136 cm³/mol. The second-order valence-electron chi connectivity index (χ2n) is 10.1. The van der Waals surface area contributed by atoms with Crippen LogP contribution in [0.15, 0.2) is 30.5 Å². The predicted octanol–water partition coefficient (Wildman–Crippen LogP) is 3.36. The monoisotopic (exact) mass is 483 g/mol. The van der Waals surface area contributed by atoms with Crippen LogP contribution in [0.2, 0.25) is 0 Å². The van der Waals surface area contributed by atoms with Crippen molar-refractivity contribution >= 4 is 17.3 Å². The number of ether oxygens (including phenoxy) is 1. The van der Waals surface area contributed by atoms with Gasteiger partial charge in [0.15, 0.2) is 0 Å². The highest BCUT2D eigenvalue weighted by Crippen LogP contribution is 2.41. The van der Waals surface area contributed by atoms with Gasteiger partial charge >= 0.3 is 0 Å². The number of benzene rings is 1. The molecule has 9 nitrogen and oxygen atoms in total. The van der Waals surface area contributed by atoms with E-state index in [-0.39, 0.29) is 6.61 Å². The summed E-state index contributed by atoms with van der Waals surface area (Å²) in [6, 6.07) is 10.8. The van der Waals surface area contributed by atoms with Crippen LogP contribution in [0.25, 0.3) is 11.3 Å². The Kier molecular flexibility index (Phi) is 5.51. The fourth-order valence-electron chi connectivity index (χ4n) is 5.24. The van der Waals surface area contributed by atoms with Crippen LogP contribution >= 0.6 is 0 Å². The van der Waals surface area contributed by atoms with Gasteiger partial charge < -0.3 is 20.5 Å². The first-order valence-electron chi connectivity index (χ1n) is 12.4. The third kappa shape index (κ3) is 3.92. The minimum Gasteiger partial charge on any atom is -0.480 e.